The number of rotatable bonds is 6. The molecule has 0 radical (unpaired) electrons. The quantitative estimate of drug-likeness (QED) is 0.884. The van der Waals surface area contributed by atoms with Gasteiger partial charge in [0.1, 0.15) is 6.67 Å². The topological polar surface area (TPSA) is 59.3 Å². The maximum absolute atomic E-state index is 12.7. The van der Waals surface area contributed by atoms with Crippen LogP contribution in [0.15, 0.2) is 42.2 Å². The van der Waals surface area contributed by atoms with Gasteiger partial charge in [-0.05, 0) is 16.7 Å². The van der Waals surface area contributed by atoms with Crippen LogP contribution in [-0.2, 0) is 24.9 Å². The molecule has 0 aliphatic carbocycles. The van der Waals surface area contributed by atoms with Gasteiger partial charge >= 0.3 is 5.97 Å². The molecule has 1 heterocycles. The predicted octanol–water partition coefficient (Wildman–Crippen LogP) is 3.43. The molecule has 0 aliphatic heterocycles. The number of hydrogen-bond acceptors (Lipinski definition) is 2. The maximum atomic E-state index is 12.7. The van der Waals surface area contributed by atoms with E-state index in [1.165, 1.54) is 23.8 Å². The second-order valence-electron chi connectivity index (χ2n) is 5.32. The number of benzene rings is 1. The molecule has 0 atom stereocenters. The number of pyridine rings is 1. The summed E-state index contributed by atoms with van der Waals surface area (Å²) in [6, 6.07) is 6.68. The Labute approximate surface area is 139 Å². The molecule has 124 valence electrons. The summed E-state index contributed by atoms with van der Waals surface area (Å²) in [5, 5.41) is 9.21. The highest BCUT2D eigenvalue weighted by atomic mass is 19.1. The first-order chi connectivity index (χ1) is 11.4. The lowest BCUT2D eigenvalue weighted by atomic mass is 9.92. The zero-order valence-corrected chi connectivity index (χ0v) is 13.4. The van der Waals surface area contributed by atoms with Crippen molar-refractivity contribution in [3.8, 4) is 11.1 Å². The van der Waals surface area contributed by atoms with Gasteiger partial charge in [0.25, 0.3) is 5.56 Å². The van der Waals surface area contributed by atoms with E-state index in [4.69, 9.17) is 0 Å². The largest absolute Gasteiger partial charge is 0.481 e. The van der Waals surface area contributed by atoms with Crippen LogP contribution in [0.5, 0.6) is 0 Å². The van der Waals surface area contributed by atoms with Gasteiger partial charge in [0.2, 0.25) is 0 Å². The minimum absolute atomic E-state index is 0.315. The summed E-state index contributed by atoms with van der Waals surface area (Å²) in [5.74, 6) is -1.05. The van der Waals surface area contributed by atoms with Crippen molar-refractivity contribution < 1.29 is 14.3 Å². The second-order valence-corrected chi connectivity index (χ2v) is 5.32. The first-order valence-electron chi connectivity index (χ1n) is 7.32. The number of aromatic nitrogens is 1. The van der Waals surface area contributed by atoms with E-state index in [0.29, 0.717) is 33.5 Å². The van der Waals surface area contributed by atoms with Crippen molar-refractivity contribution in [2.24, 2.45) is 7.05 Å². The molecule has 0 fully saturated rings. The van der Waals surface area contributed by atoms with Crippen LogP contribution < -0.4 is 5.56 Å². The van der Waals surface area contributed by atoms with E-state index in [1.807, 2.05) is 0 Å². The molecular weight excluding hydrogens is 309 g/mol. The van der Waals surface area contributed by atoms with Crippen LogP contribution in [0.25, 0.3) is 23.3 Å². The number of carboxylic acids is 1. The highest BCUT2D eigenvalue weighted by Gasteiger charge is 2.20. The maximum Gasteiger partial charge on any atom is 0.309 e. The molecule has 0 spiro atoms. The van der Waals surface area contributed by atoms with Crippen LogP contribution in [-0.4, -0.2) is 15.6 Å². The third-order valence-corrected chi connectivity index (χ3v) is 3.91. The summed E-state index contributed by atoms with van der Waals surface area (Å²) in [6.45, 7) is 6.83. The molecule has 0 saturated heterocycles. The third-order valence-electron chi connectivity index (χ3n) is 3.91. The van der Waals surface area contributed by atoms with Crippen LogP contribution in [0.3, 0.4) is 0 Å². The number of hydrogen-bond donors (Lipinski definition) is 1. The molecule has 2 rings (SSSR count). The smallest absolute Gasteiger partial charge is 0.309 e. The van der Waals surface area contributed by atoms with Gasteiger partial charge in [-0.15, -0.1) is 0 Å². The minimum Gasteiger partial charge on any atom is -0.481 e. The molecule has 1 aromatic heterocycles. The van der Waals surface area contributed by atoms with Crippen molar-refractivity contribution >= 4 is 18.1 Å². The SMILES string of the molecule is C=Cc1c(-c2ccc(CF)cc2)c(CC(=O)O)n(C)c(=O)c1C=C. The van der Waals surface area contributed by atoms with E-state index in [9.17, 15) is 19.1 Å². The Bertz CT molecular complexity index is 864. The van der Waals surface area contributed by atoms with Crippen LogP contribution in [0.4, 0.5) is 4.39 Å². The molecule has 0 saturated carbocycles. The molecule has 4 nitrogen and oxygen atoms in total. The lowest BCUT2D eigenvalue weighted by Gasteiger charge is -2.18. The molecular formula is C19H18FNO3. The lowest BCUT2D eigenvalue weighted by Crippen LogP contribution is -2.26. The van der Waals surface area contributed by atoms with Gasteiger partial charge in [-0.2, -0.15) is 0 Å². The molecule has 1 aromatic carbocycles. The van der Waals surface area contributed by atoms with Crippen molar-refractivity contribution in [2.45, 2.75) is 13.1 Å². The van der Waals surface area contributed by atoms with Crippen LogP contribution >= 0.6 is 0 Å². The number of nitrogens with zero attached hydrogens (tertiary/aromatic N) is 1. The Morgan fingerprint density at radius 1 is 1.21 bits per heavy atom. The highest BCUT2D eigenvalue weighted by Crippen LogP contribution is 2.30. The monoisotopic (exact) mass is 327 g/mol. The fourth-order valence-electron chi connectivity index (χ4n) is 2.72. The van der Waals surface area contributed by atoms with Crippen molar-refractivity contribution in [2.75, 3.05) is 0 Å². The molecule has 24 heavy (non-hydrogen) atoms. The van der Waals surface area contributed by atoms with Gasteiger partial charge < -0.3 is 9.67 Å². The molecule has 0 aliphatic rings. The van der Waals surface area contributed by atoms with Crippen molar-refractivity contribution in [1.29, 1.82) is 0 Å². The Balaban J connectivity index is 2.89. The Morgan fingerprint density at radius 2 is 1.79 bits per heavy atom. The number of halogens is 1. The number of aliphatic carboxylic acids is 1. The first kappa shape index (κ1) is 17.4. The fraction of sp³-hybridized carbons (Fsp3) is 0.158. The Hall–Kier alpha value is -2.95. The summed E-state index contributed by atoms with van der Waals surface area (Å²) in [4.78, 5) is 23.7. The summed E-state index contributed by atoms with van der Waals surface area (Å²) >= 11 is 0. The molecule has 0 amide bonds. The Kier molecular flexibility index (Phi) is 5.14. The van der Waals surface area contributed by atoms with Gasteiger partial charge in [0.05, 0.1) is 6.42 Å². The number of carboxylic acid groups (broad SMARTS) is 1. The highest BCUT2D eigenvalue weighted by molar-refractivity contribution is 5.84. The van der Waals surface area contributed by atoms with Crippen molar-refractivity contribution in [3.63, 3.8) is 0 Å². The summed E-state index contributed by atoms with van der Waals surface area (Å²) in [5.41, 5.74) is 2.71. The van der Waals surface area contributed by atoms with Gasteiger partial charge in [-0.1, -0.05) is 49.6 Å². The third kappa shape index (κ3) is 3.06. The van der Waals surface area contributed by atoms with Crippen LogP contribution in [0.1, 0.15) is 22.4 Å². The Morgan fingerprint density at radius 3 is 2.25 bits per heavy atom. The number of carbonyl (C=O) groups is 1. The van der Waals surface area contributed by atoms with Gasteiger partial charge in [-0.3, -0.25) is 9.59 Å². The molecule has 0 unspecified atom stereocenters. The minimum atomic E-state index is -1.05. The van der Waals surface area contributed by atoms with E-state index >= 15 is 0 Å². The standard InChI is InChI=1S/C19H18FNO3/c1-4-14-15(5-2)19(24)21(3)16(10-17(22)23)18(14)13-8-6-12(11-20)7-9-13/h4-9H,1-2,10-11H2,3H3,(H,22,23). The van der Waals surface area contributed by atoms with E-state index in [0.717, 1.165) is 0 Å². The predicted molar refractivity (Wildman–Crippen MR) is 93.5 cm³/mol. The molecule has 2 aromatic rings. The molecule has 5 heteroatoms. The molecule has 0 bridgehead atoms. The van der Waals surface area contributed by atoms with E-state index in [2.05, 4.69) is 13.2 Å². The van der Waals surface area contributed by atoms with Gasteiger partial charge in [0.15, 0.2) is 0 Å². The zero-order valence-electron chi connectivity index (χ0n) is 13.4. The second kappa shape index (κ2) is 7.08. The zero-order chi connectivity index (χ0) is 17.9. The lowest BCUT2D eigenvalue weighted by molar-refractivity contribution is -0.136. The fourth-order valence-corrected chi connectivity index (χ4v) is 2.72. The van der Waals surface area contributed by atoms with Crippen LogP contribution in [0.2, 0.25) is 0 Å². The summed E-state index contributed by atoms with van der Waals surface area (Å²) < 4.78 is 14.1. The average Bonchev–Trinajstić information content (AvgIpc) is 2.58. The van der Waals surface area contributed by atoms with Gasteiger partial charge in [-0.25, -0.2) is 4.39 Å². The molecule has 1 N–H and O–H groups in total. The van der Waals surface area contributed by atoms with E-state index in [1.54, 1.807) is 24.3 Å². The summed E-state index contributed by atoms with van der Waals surface area (Å²) in [7, 11) is 1.53. The van der Waals surface area contributed by atoms with Gasteiger partial charge in [0, 0.05) is 23.9 Å². The van der Waals surface area contributed by atoms with Crippen LogP contribution in [0, 0.1) is 0 Å². The van der Waals surface area contributed by atoms with Crippen molar-refractivity contribution in [1.82, 2.24) is 4.57 Å². The van der Waals surface area contributed by atoms with E-state index < -0.39 is 12.6 Å². The summed E-state index contributed by atoms with van der Waals surface area (Å²) in [6.07, 6.45) is 2.63. The van der Waals surface area contributed by atoms with E-state index in [-0.39, 0.29) is 12.0 Å². The average molecular weight is 327 g/mol. The number of alkyl halides is 1. The normalized spacial score (nSPS) is 10.4. The van der Waals surface area contributed by atoms with Crippen molar-refractivity contribution in [3.05, 3.63) is 70.2 Å². The first-order valence-corrected chi connectivity index (χ1v) is 7.32.